The molecule has 0 aliphatic heterocycles. The van der Waals surface area contributed by atoms with E-state index in [-0.39, 0.29) is 0 Å². The highest BCUT2D eigenvalue weighted by Crippen LogP contribution is 2.15. The molecule has 0 bridgehead atoms. The van der Waals surface area contributed by atoms with Gasteiger partial charge in [0.15, 0.2) is 11.8 Å². The van der Waals surface area contributed by atoms with Crippen LogP contribution in [0.5, 0.6) is 5.75 Å². The van der Waals surface area contributed by atoms with Crippen LogP contribution in [0.3, 0.4) is 0 Å². The Hall–Kier alpha value is -3.00. The summed E-state index contributed by atoms with van der Waals surface area (Å²) >= 11 is 1.82. The van der Waals surface area contributed by atoms with Gasteiger partial charge in [0.1, 0.15) is 11.6 Å². The van der Waals surface area contributed by atoms with E-state index in [2.05, 4.69) is 45.1 Å². The quantitative estimate of drug-likeness (QED) is 0.238. The van der Waals surface area contributed by atoms with Gasteiger partial charge in [-0.05, 0) is 36.8 Å². The Kier molecular flexibility index (Phi) is 8.14. The minimum atomic E-state index is 0.553. The van der Waals surface area contributed by atoms with E-state index in [1.54, 1.807) is 7.11 Å². The molecule has 0 aliphatic rings. The van der Waals surface area contributed by atoms with Crippen LogP contribution in [-0.4, -0.2) is 40.1 Å². The number of rotatable bonds is 9. The van der Waals surface area contributed by atoms with Crippen LogP contribution in [0.15, 0.2) is 64.5 Å². The molecule has 0 spiro atoms. The Labute approximate surface area is 182 Å². The van der Waals surface area contributed by atoms with Crippen molar-refractivity contribution in [1.82, 2.24) is 25.4 Å². The van der Waals surface area contributed by atoms with Gasteiger partial charge in [0.25, 0.3) is 0 Å². The van der Waals surface area contributed by atoms with Crippen molar-refractivity contribution < 1.29 is 4.74 Å². The summed E-state index contributed by atoms with van der Waals surface area (Å²) in [5.41, 5.74) is 1.12. The van der Waals surface area contributed by atoms with E-state index in [4.69, 9.17) is 9.73 Å². The standard InChI is InChI=1S/C22H28N6OS/c1-17-26-27-21(28(17)2)16-25-22(23-13-14-30-20-7-5-4-6-8-20)24-15-18-9-11-19(29-3)12-10-18/h4-12H,13-16H2,1-3H3,(H2,23,24,25). The Bertz CT molecular complexity index is 940. The predicted molar refractivity (Wildman–Crippen MR) is 122 cm³/mol. The van der Waals surface area contributed by atoms with E-state index >= 15 is 0 Å². The second-order valence-electron chi connectivity index (χ2n) is 6.68. The molecule has 2 N–H and O–H groups in total. The van der Waals surface area contributed by atoms with Crippen molar-refractivity contribution in [2.24, 2.45) is 12.0 Å². The first-order valence-corrected chi connectivity index (χ1v) is 10.8. The number of aromatic nitrogens is 3. The summed E-state index contributed by atoms with van der Waals surface area (Å²) in [7, 11) is 3.63. The van der Waals surface area contributed by atoms with Gasteiger partial charge in [-0.15, -0.1) is 22.0 Å². The maximum atomic E-state index is 5.22. The number of thioether (sulfide) groups is 1. The second-order valence-corrected chi connectivity index (χ2v) is 7.85. The van der Waals surface area contributed by atoms with Crippen LogP contribution in [0.1, 0.15) is 17.2 Å². The Morgan fingerprint density at radius 2 is 1.83 bits per heavy atom. The topological polar surface area (TPSA) is 76.4 Å². The van der Waals surface area contributed by atoms with Crippen LogP contribution >= 0.6 is 11.8 Å². The molecule has 3 rings (SSSR count). The molecule has 0 saturated heterocycles. The van der Waals surface area contributed by atoms with Crippen LogP contribution in [-0.2, 0) is 20.1 Å². The first kappa shape index (κ1) is 21.7. The maximum absolute atomic E-state index is 5.22. The number of aryl methyl sites for hydroxylation is 1. The average Bonchev–Trinajstić information content (AvgIpc) is 3.11. The molecular weight excluding hydrogens is 396 g/mol. The summed E-state index contributed by atoms with van der Waals surface area (Å²) in [4.78, 5) is 6.00. The van der Waals surface area contributed by atoms with Crippen molar-refractivity contribution in [2.45, 2.75) is 24.9 Å². The van der Waals surface area contributed by atoms with E-state index in [0.717, 1.165) is 41.2 Å². The first-order valence-electron chi connectivity index (χ1n) is 9.83. The second kappa shape index (κ2) is 11.3. The zero-order valence-electron chi connectivity index (χ0n) is 17.6. The van der Waals surface area contributed by atoms with Crippen molar-refractivity contribution >= 4 is 17.7 Å². The lowest BCUT2D eigenvalue weighted by molar-refractivity contribution is 0.414. The molecule has 2 aromatic carbocycles. The summed E-state index contributed by atoms with van der Waals surface area (Å²) < 4.78 is 7.19. The fourth-order valence-electron chi connectivity index (χ4n) is 2.70. The molecule has 0 saturated carbocycles. The fraction of sp³-hybridized carbons (Fsp3) is 0.318. The lowest BCUT2D eigenvalue weighted by atomic mass is 10.2. The number of aliphatic imine (C=N–C) groups is 1. The molecule has 0 fully saturated rings. The Morgan fingerprint density at radius 3 is 2.50 bits per heavy atom. The zero-order valence-corrected chi connectivity index (χ0v) is 18.4. The fourth-order valence-corrected chi connectivity index (χ4v) is 3.49. The highest BCUT2D eigenvalue weighted by Gasteiger charge is 2.06. The summed E-state index contributed by atoms with van der Waals surface area (Å²) in [6.07, 6.45) is 0. The van der Waals surface area contributed by atoms with E-state index in [1.807, 2.05) is 60.6 Å². The van der Waals surface area contributed by atoms with Crippen molar-refractivity contribution in [3.8, 4) is 5.75 Å². The number of ether oxygens (including phenoxy) is 1. The summed E-state index contributed by atoms with van der Waals surface area (Å²) in [6, 6.07) is 18.3. The Morgan fingerprint density at radius 1 is 1.07 bits per heavy atom. The predicted octanol–water partition coefficient (Wildman–Crippen LogP) is 3.16. The molecule has 0 unspecified atom stereocenters. The van der Waals surface area contributed by atoms with Crippen molar-refractivity contribution in [3.05, 3.63) is 71.8 Å². The minimum Gasteiger partial charge on any atom is -0.497 e. The van der Waals surface area contributed by atoms with Gasteiger partial charge >= 0.3 is 0 Å². The van der Waals surface area contributed by atoms with E-state index in [0.29, 0.717) is 13.1 Å². The molecule has 7 nitrogen and oxygen atoms in total. The van der Waals surface area contributed by atoms with Crippen LogP contribution in [0.25, 0.3) is 0 Å². The number of hydrogen-bond donors (Lipinski definition) is 2. The number of hydrogen-bond acceptors (Lipinski definition) is 5. The third-order valence-electron chi connectivity index (χ3n) is 4.58. The van der Waals surface area contributed by atoms with Gasteiger partial charge in [-0.1, -0.05) is 30.3 Å². The van der Waals surface area contributed by atoms with Gasteiger partial charge in [-0.25, -0.2) is 4.99 Å². The lowest BCUT2D eigenvalue weighted by Gasteiger charge is -2.13. The van der Waals surface area contributed by atoms with Crippen molar-refractivity contribution in [2.75, 3.05) is 19.4 Å². The minimum absolute atomic E-state index is 0.553. The van der Waals surface area contributed by atoms with Crippen LogP contribution in [0.4, 0.5) is 0 Å². The largest absolute Gasteiger partial charge is 0.497 e. The summed E-state index contributed by atoms with van der Waals surface area (Å²) in [5, 5.41) is 15.1. The van der Waals surface area contributed by atoms with Gasteiger partial charge in [-0.3, -0.25) is 0 Å². The van der Waals surface area contributed by atoms with Gasteiger partial charge < -0.3 is 19.9 Å². The smallest absolute Gasteiger partial charge is 0.192 e. The summed E-state index contributed by atoms with van der Waals surface area (Å²) in [5.74, 6) is 4.28. The normalized spacial score (nSPS) is 11.4. The van der Waals surface area contributed by atoms with E-state index in [1.165, 1.54) is 4.90 Å². The third-order valence-corrected chi connectivity index (χ3v) is 5.60. The van der Waals surface area contributed by atoms with Crippen LogP contribution in [0, 0.1) is 6.92 Å². The number of methoxy groups -OCH3 is 1. The van der Waals surface area contributed by atoms with Crippen molar-refractivity contribution in [3.63, 3.8) is 0 Å². The molecule has 0 radical (unpaired) electrons. The Balaban J connectivity index is 1.58. The maximum Gasteiger partial charge on any atom is 0.192 e. The SMILES string of the molecule is COc1ccc(CN=C(NCCSc2ccccc2)NCc2nnc(C)n2C)cc1. The average molecular weight is 425 g/mol. The number of nitrogens with zero attached hydrogens (tertiary/aromatic N) is 4. The highest BCUT2D eigenvalue weighted by atomic mass is 32.2. The van der Waals surface area contributed by atoms with Gasteiger partial charge in [-0.2, -0.15) is 0 Å². The monoisotopic (exact) mass is 424 g/mol. The third kappa shape index (κ3) is 6.52. The molecule has 158 valence electrons. The molecule has 3 aromatic rings. The van der Waals surface area contributed by atoms with E-state index in [9.17, 15) is 0 Å². The molecule has 1 aromatic heterocycles. The molecule has 1 heterocycles. The number of guanidine groups is 1. The molecule has 30 heavy (non-hydrogen) atoms. The first-order chi connectivity index (χ1) is 14.7. The van der Waals surface area contributed by atoms with Gasteiger partial charge in [0.2, 0.25) is 0 Å². The molecule has 0 amide bonds. The molecule has 8 heteroatoms. The van der Waals surface area contributed by atoms with Crippen molar-refractivity contribution in [1.29, 1.82) is 0 Å². The van der Waals surface area contributed by atoms with Crippen LogP contribution in [0.2, 0.25) is 0 Å². The van der Waals surface area contributed by atoms with Crippen LogP contribution < -0.4 is 15.4 Å². The van der Waals surface area contributed by atoms with Gasteiger partial charge in [0, 0.05) is 24.2 Å². The van der Waals surface area contributed by atoms with Gasteiger partial charge in [0.05, 0.1) is 20.2 Å². The molecule has 0 aliphatic carbocycles. The highest BCUT2D eigenvalue weighted by molar-refractivity contribution is 7.99. The molecule has 0 atom stereocenters. The lowest BCUT2D eigenvalue weighted by Crippen LogP contribution is -2.38. The molecular formula is C22H28N6OS. The van der Waals surface area contributed by atoms with E-state index < -0.39 is 0 Å². The summed E-state index contributed by atoms with van der Waals surface area (Å²) in [6.45, 7) is 3.86. The number of nitrogens with one attached hydrogen (secondary N) is 2. The zero-order chi connectivity index (χ0) is 21.2. The number of benzene rings is 2.